The summed E-state index contributed by atoms with van der Waals surface area (Å²) in [5.41, 5.74) is -2.24. The van der Waals surface area contributed by atoms with Crippen LogP contribution in [0.3, 0.4) is 0 Å². The summed E-state index contributed by atoms with van der Waals surface area (Å²) in [6, 6.07) is 16.7. The van der Waals surface area contributed by atoms with Crippen LogP contribution in [0.25, 0.3) is 0 Å². The highest BCUT2D eigenvalue weighted by atomic mass is 19.4. The molecule has 2 aliphatic rings. The van der Waals surface area contributed by atoms with Crippen LogP contribution in [0.1, 0.15) is 62.2 Å². The summed E-state index contributed by atoms with van der Waals surface area (Å²) in [6.07, 6.45) is -8.57. The van der Waals surface area contributed by atoms with Gasteiger partial charge < -0.3 is 4.74 Å². The Morgan fingerprint density at radius 1 is 0.795 bits per heavy atom. The molecule has 4 nitrogen and oxygen atoms in total. The number of imide groups is 1. The minimum atomic E-state index is -4.95. The number of hydrogen-bond acceptors (Lipinski definition) is 3. The highest BCUT2D eigenvalue weighted by Crippen LogP contribution is 2.45. The predicted octanol–water partition coefficient (Wildman–Crippen LogP) is 7.03. The average Bonchev–Trinajstić information content (AvgIpc) is 3.43. The predicted molar refractivity (Wildman–Crippen MR) is 129 cm³/mol. The Morgan fingerprint density at radius 3 is 1.87 bits per heavy atom. The fourth-order valence-electron chi connectivity index (χ4n) is 5.59. The van der Waals surface area contributed by atoms with Crippen molar-refractivity contribution in [1.29, 1.82) is 0 Å². The summed E-state index contributed by atoms with van der Waals surface area (Å²) in [5, 5.41) is 0. The van der Waals surface area contributed by atoms with Gasteiger partial charge in [0.25, 0.3) is 11.8 Å². The van der Waals surface area contributed by atoms with E-state index >= 15 is 0 Å². The molecule has 1 heterocycles. The van der Waals surface area contributed by atoms with Crippen LogP contribution in [0, 0.1) is 0 Å². The van der Waals surface area contributed by atoms with E-state index in [2.05, 4.69) is 0 Å². The Morgan fingerprint density at radius 2 is 1.33 bits per heavy atom. The molecule has 1 unspecified atom stereocenters. The molecule has 2 amide bonds. The smallest absolute Gasteiger partial charge is 0.376 e. The van der Waals surface area contributed by atoms with Crippen LogP contribution in [0.5, 0.6) is 0 Å². The fourth-order valence-corrected chi connectivity index (χ4v) is 5.59. The molecule has 0 aromatic heterocycles. The van der Waals surface area contributed by atoms with Gasteiger partial charge in [-0.2, -0.15) is 26.3 Å². The number of carbonyl (C=O) groups is 2. The van der Waals surface area contributed by atoms with Crippen molar-refractivity contribution in [2.45, 2.75) is 49.7 Å². The van der Waals surface area contributed by atoms with Crippen LogP contribution >= 0.6 is 0 Å². The number of amides is 2. The summed E-state index contributed by atoms with van der Waals surface area (Å²) < 4.78 is 85.4. The second-order valence-corrected chi connectivity index (χ2v) is 9.98. The summed E-state index contributed by atoms with van der Waals surface area (Å²) in [7, 11) is 0. The third-order valence-electron chi connectivity index (χ3n) is 7.45. The molecule has 3 aromatic carbocycles. The van der Waals surface area contributed by atoms with E-state index in [9.17, 15) is 35.9 Å². The number of ether oxygens (including phenoxy) is 1. The van der Waals surface area contributed by atoms with Gasteiger partial charge in [-0.25, -0.2) is 0 Å². The molecule has 1 saturated carbocycles. The largest absolute Gasteiger partial charge is 0.416 e. The molecule has 0 spiro atoms. The zero-order chi connectivity index (χ0) is 28.0. The van der Waals surface area contributed by atoms with Crippen molar-refractivity contribution in [3.05, 3.63) is 106 Å². The van der Waals surface area contributed by atoms with E-state index in [1.165, 1.54) is 4.90 Å². The van der Waals surface area contributed by atoms with Gasteiger partial charge in [-0.3, -0.25) is 14.5 Å². The van der Waals surface area contributed by atoms with Crippen molar-refractivity contribution < 1.29 is 40.7 Å². The Bertz CT molecular complexity index is 1330. The maximum atomic E-state index is 13.3. The molecule has 1 aliphatic heterocycles. The Hall–Kier alpha value is -3.66. The van der Waals surface area contributed by atoms with Gasteiger partial charge >= 0.3 is 12.4 Å². The first-order chi connectivity index (χ1) is 18.4. The van der Waals surface area contributed by atoms with E-state index in [-0.39, 0.29) is 30.1 Å². The van der Waals surface area contributed by atoms with Crippen molar-refractivity contribution in [3.63, 3.8) is 0 Å². The van der Waals surface area contributed by atoms with Gasteiger partial charge in [-0.1, -0.05) is 42.5 Å². The highest BCUT2D eigenvalue weighted by molar-refractivity contribution is 6.21. The number of benzene rings is 3. The first-order valence-corrected chi connectivity index (χ1v) is 12.3. The molecule has 39 heavy (non-hydrogen) atoms. The number of rotatable bonds is 6. The molecule has 0 N–H and O–H groups in total. The summed E-state index contributed by atoms with van der Waals surface area (Å²) in [4.78, 5) is 27.4. The molecule has 3 aromatic rings. The highest BCUT2D eigenvalue weighted by Gasteiger charge is 2.48. The molecule has 5 rings (SSSR count). The zero-order valence-electron chi connectivity index (χ0n) is 20.5. The first-order valence-electron chi connectivity index (χ1n) is 12.3. The van der Waals surface area contributed by atoms with Gasteiger partial charge in [0.05, 0.1) is 35.5 Å². The maximum Gasteiger partial charge on any atom is 0.416 e. The monoisotopic (exact) mass is 547 g/mol. The van der Waals surface area contributed by atoms with Crippen LogP contribution in [-0.2, 0) is 29.1 Å². The van der Waals surface area contributed by atoms with Crippen LogP contribution in [0.2, 0.25) is 0 Å². The summed E-state index contributed by atoms with van der Waals surface area (Å²) in [6.45, 7) is -0.493. The summed E-state index contributed by atoms with van der Waals surface area (Å²) >= 11 is 0. The lowest BCUT2D eigenvalue weighted by Gasteiger charge is -2.31. The minimum absolute atomic E-state index is 0.0196. The van der Waals surface area contributed by atoms with Crippen molar-refractivity contribution in [2.24, 2.45) is 0 Å². The van der Waals surface area contributed by atoms with E-state index in [0.717, 1.165) is 5.56 Å². The van der Waals surface area contributed by atoms with Crippen LogP contribution in [0.15, 0.2) is 72.8 Å². The molecule has 204 valence electrons. The van der Waals surface area contributed by atoms with Crippen molar-refractivity contribution in [3.8, 4) is 0 Å². The van der Waals surface area contributed by atoms with Crippen molar-refractivity contribution in [2.75, 3.05) is 6.61 Å². The van der Waals surface area contributed by atoms with Gasteiger partial charge in [0.15, 0.2) is 0 Å². The number of fused-ring (bicyclic) bond motifs is 1. The zero-order valence-corrected chi connectivity index (χ0v) is 20.5. The molecule has 10 heteroatoms. The quantitative estimate of drug-likeness (QED) is 0.246. The molecular formula is C29H23F6NO3. The number of alkyl halides is 6. The average molecular weight is 547 g/mol. The molecule has 0 radical (unpaired) electrons. The van der Waals surface area contributed by atoms with Crippen LogP contribution in [0.4, 0.5) is 26.3 Å². The van der Waals surface area contributed by atoms with Gasteiger partial charge in [-0.05, 0) is 60.7 Å². The van der Waals surface area contributed by atoms with E-state index in [1.807, 2.05) is 30.3 Å². The summed E-state index contributed by atoms with van der Waals surface area (Å²) in [5.74, 6) is -0.761. The minimum Gasteiger partial charge on any atom is -0.376 e. The lowest BCUT2D eigenvalue weighted by molar-refractivity contribution is -0.143. The van der Waals surface area contributed by atoms with E-state index in [4.69, 9.17) is 4.74 Å². The van der Waals surface area contributed by atoms with E-state index in [1.54, 1.807) is 24.3 Å². The lowest BCUT2D eigenvalue weighted by Crippen LogP contribution is -2.40. The van der Waals surface area contributed by atoms with Crippen molar-refractivity contribution in [1.82, 2.24) is 4.90 Å². The van der Waals surface area contributed by atoms with E-state index in [0.29, 0.717) is 42.5 Å². The Kier molecular flexibility index (Phi) is 6.78. The number of hydrogen-bond donors (Lipinski definition) is 0. The van der Waals surface area contributed by atoms with Gasteiger partial charge in [0, 0.05) is 11.5 Å². The third kappa shape index (κ3) is 5.17. The van der Waals surface area contributed by atoms with Gasteiger partial charge in [0.1, 0.15) is 0 Å². The van der Waals surface area contributed by atoms with Crippen LogP contribution < -0.4 is 0 Å². The molecule has 1 fully saturated rings. The first kappa shape index (κ1) is 26.9. The van der Waals surface area contributed by atoms with Crippen LogP contribution in [-0.4, -0.2) is 29.4 Å². The Labute approximate surface area is 220 Å². The third-order valence-corrected chi connectivity index (χ3v) is 7.45. The standard InChI is InChI=1S/C29H23F6NO3/c30-28(31,32)20-12-18(13-21(14-20)29(33,34)35)16-39-17-27(19-6-2-1-3-7-19)11-10-22(15-27)36-25(37)23-8-4-5-9-24(23)26(36)38/h1-9,12-14,22H,10-11,15-17H2/t22?,27-/m1/s1. The molecular weight excluding hydrogens is 524 g/mol. The van der Waals surface area contributed by atoms with Gasteiger partial charge in [0.2, 0.25) is 0 Å². The SMILES string of the molecule is O=C1c2ccccc2C(=O)N1C1CC[C@@](COCc2cc(C(F)(F)F)cc(C(F)(F)F)c2)(c2ccccc2)C1. The Balaban J connectivity index is 1.38. The van der Waals surface area contributed by atoms with Gasteiger partial charge in [-0.15, -0.1) is 0 Å². The number of carbonyl (C=O) groups excluding carboxylic acids is 2. The normalized spacial score (nSPS) is 21.5. The molecule has 0 bridgehead atoms. The van der Waals surface area contributed by atoms with E-state index < -0.39 is 41.5 Å². The number of nitrogens with zero attached hydrogens (tertiary/aromatic N) is 1. The second-order valence-electron chi connectivity index (χ2n) is 9.98. The van der Waals surface area contributed by atoms with Crippen molar-refractivity contribution >= 4 is 11.8 Å². The fraction of sp³-hybridized carbons (Fsp3) is 0.310. The molecule has 0 saturated heterocycles. The molecule has 2 atom stereocenters. The lowest BCUT2D eigenvalue weighted by atomic mass is 9.79. The number of halogens is 6. The second kappa shape index (κ2) is 9.82. The topological polar surface area (TPSA) is 46.6 Å². The molecule has 1 aliphatic carbocycles. The maximum absolute atomic E-state index is 13.3.